The van der Waals surface area contributed by atoms with Crippen molar-refractivity contribution in [2.45, 2.75) is 0 Å². The van der Waals surface area contributed by atoms with Gasteiger partial charge in [-0.1, -0.05) is 0 Å². The lowest BCUT2D eigenvalue weighted by Gasteiger charge is -2.29. The predicted octanol–water partition coefficient (Wildman–Crippen LogP) is -0.740. The van der Waals surface area contributed by atoms with Crippen LogP contribution in [0.1, 0.15) is 0 Å². The minimum absolute atomic E-state index is 0.672. The van der Waals surface area contributed by atoms with Crippen molar-refractivity contribution in [3.8, 4) is 0 Å². The lowest BCUT2D eigenvalue weighted by Crippen LogP contribution is -2.44. The highest BCUT2D eigenvalue weighted by Gasteiger charge is 2.13. The Morgan fingerprint density at radius 2 is 1.50 bits per heavy atom. The number of hydrogen-bond donors (Lipinski definition) is 1. The summed E-state index contributed by atoms with van der Waals surface area (Å²) in [4.78, 5) is 8.44. The van der Waals surface area contributed by atoms with Crippen LogP contribution in [0, 0.1) is 0 Å². The third-order valence-electron chi connectivity index (χ3n) is 2.17. The molecule has 1 N–H and O–H groups in total. The van der Waals surface area contributed by atoms with Crippen molar-refractivity contribution >= 4 is 6.16 Å². The first-order valence-corrected chi connectivity index (χ1v) is 5.63. The summed E-state index contributed by atoms with van der Waals surface area (Å²) in [6.45, 7) is 4.95. The molecule has 0 fully saturated rings. The van der Waals surface area contributed by atoms with Gasteiger partial charge in [0.1, 0.15) is 13.1 Å². The first kappa shape index (κ1) is 19.4. The van der Waals surface area contributed by atoms with Gasteiger partial charge in [-0.15, -0.1) is 0 Å². The highest BCUT2D eigenvalue weighted by Crippen LogP contribution is 1.96. The van der Waals surface area contributed by atoms with E-state index in [4.69, 9.17) is 29.2 Å². The zero-order valence-corrected chi connectivity index (χ0v) is 11.7. The fraction of sp³-hybridized carbons (Fsp3) is 0.909. The molecule has 0 unspecified atom stereocenters. The molecule has 110 valence electrons. The van der Waals surface area contributed by atoms with Gasteiger partial charge in [0.2, 0.25) is 6.16 Å². The number of methoxy groups -OCH3 is 2. The van der Waals surface area contributed by atoms with Crippen LogP contribution in [-0.2, 0) is 14.2 Å². The Balaban J connectivity index is 0. The van der Waals surface area contributed by atoms with Crippen molar-refractivity contribution in [3.05, 3.63) is 0 Å². The molecule has 0 amide bonds. The molecule has 7 heteroatoms. The Morgan fingerprint density at radius 1 is 1.06 bits per heavy atom. The van der Waals surface area contributed by atoms with Gasteiger partial charge in [0.25, 0.3) is 0 Å². The molecule has 0 heterocycles. The third-order valence-corrected chi connectivity index (χ3v) is 2.17. The molecule has 0 atom stereocenters. The summed E-state index contributed by atoms with van der Waals surface area (Å²) in [7, 11) is 7.77. The molecule has 0 radical (unpaired) electrons. The lowest BCUT2D eigenvalue weighted by molar-refractivity contribution is -0.891. The number of rotatable bonds is 9. The molecule has 7 nitrogen and oxygen atoms in total. The van der Waals surface area contributed by atoms with Crippen molar-refractivity contribution in [1.82, 2.24) is 0 Å². The van der Waals surface area contributed by atoms with E-state index in [1.54, 1.807) is 14.2 Å². The second-order valence-electron chi connectivity index (χ2n) is 4.25. The molecular formula is C11H25NO6. The summed E-state index contributed by atoms with van der Waals surface area (Å²) in [5.41, 5.74) is 0. The van der Waals surface area contributed by atoms with E-state index in [1.165, 1.54) is 0 Å². The third kappa shape index (κ3) is 20.5. The van der Waals surface area contributed by atoms with Crippen molar-refractivity contribution in [3.63, 3.8) is 0 Å². The Morgan fingerprint density at radius 3 is 1.94 bits per heavy atom. The van der Waals surface area contributed by atoms with E-state index >= 15 is 0 Å². The number of carbonyl (C=O) groups is 1. The van der Waals surface area contributed by atoms with Gasteiger partial charge < -0.3 is 33.7 Å². The minimum Gasteiger partial charge on any atom is -0.565 e. The fourth-order valence-electron chi connectivity index (χ4n) is 1.01. The molecule has 0 spiro atoms. The Labute approximate surface area is 108 Å². The quantitative estimate of drug-likeness (QED) is 0.437. The second kappa shape index (κ2) is 12.6. The standard InChI is InChI=1S/C10H24NO3.CH2O3/c1-11(2,5-7-12-3)6-8-14-10-9-13-4;2-1(3)4/h5-10H2,1-4H3;(H2,2,3,4)/q+1;/p-1. The molecule has 0 aliphatic heterocycles. The van der Waals surface area contributed by atoms with E-state index < -0.39 is 6.16 Å². The van der Waals surface area contributed by atoms with Crippen LogP contribution in [-0.4, -0.2) is 83.6 Å². The van der Waals surface area contributed by atoms with Crippen LogP contribution in [0.15, 0.2) is 0 Å². The number of hydrogen-bond acceptors (Lipinski definition) is 5. The Bertz CT molecular complexity index is 194. The maximum Gasteiger partial charge on any atom is 0.249 e. The number of carboxylic acid groups (broad SMARTS) is 2. The molecule has 0 aliphatic rings. The van der Waals surface area contributed by atoms with Crippen LogP contribution in [0.25, 0.3) is 0 Å². The number of likely N-dealkylation sites (N-methyl/N-ethyl adjacent to an activating group) is 1. The maximum absolute atomic E-state index is 8.44. The van der Waals surface area contributed by atoms with Gasteiger partial charge in [0.05, 0.1) is 40.5 Å². The van der Waals surface area contributed by atoms with Gasteiger partial charge >= 0.3 is 0 Å². The summed E-state index contributed by atoms with van der Waals surface area (Å²) in [5.74, 6) is 0. The maximum atomic E-state index is 8.44. The highest BCUT2D eigenvalue weighted by molar-refractivity contribution is 5.50. The topological polar surface area (TPSA) is 88.1 Å². The molecular weight excluding hydrogens is 242 g/mol. The van der Waals surface area contributed by atoms with Gasteiger partial charge in [0.15, 0.2) is 0 Å². The van der Waals surface area contributed by atoms with E-state index in [2.05, 4.69) is 14.1 Å². The van der Waals surface area contributed by atoms with E-state index in [0.29, 0.717) is 13.2 Å². The van der Waals surface area contributed by atoms with Gasteiger partial charge in [-0.05, 0) is 0 Å². The van der Waals surface area contributed by atoms with E-state index in [-0.39, 0.29) is 0 Å². The van der Waals surface area contributed by atoms with E-state index in [9.17, 15) is 0 Å². The molecule has 0 bridgehead atoms. The summed E-state index contributed by atoms with van der Waals surface area (Å²) >= 11 is 0. The van der Waals surface area contributed by atoms with Crippen molar-refractivity contribution in [2.24, 2.45) is 0 Å². The van der Waals surface area contributed by atoms with Gasteiger partial charge in [-0.3, -0.25) is 0 Å². The van der Waals surface area contributed by atoms with Crippen LogP contribution in [0.3, 0.4) is 0 Å². The summed E-state index contributed by atoms with van der Waals surface area (Å²) in [6, 6.07) is 0. The SMILES string of the molecule is COCCOCC[N+](C)(C)CCOC.O=C([O-])O. The molecule has 0 aromatic rings. The molecule has 0 aromatic carbocycles. The van der Waals surface area contributed by atoms with Gasteiger partial charge in [-0.25, -0.2) is 0 Å². The summed E-state index contributed by atoms with van der Waals surface area (Å²) in [5, 5.41) is 15.3. The largest absolute Gasteiger partial charge is 0.565 e. The van der Waals surface area contributed by atoms with E-state index in [1.807, 2.05) is 0 Å². The van der Waals surface area contributed by atoms with Gasteiger partial charge in [0, 0.05) is 14.2 Å². The summed E-state index contributed by atoms with van der Waals surface area (Å²) in [6.07, 6.45) is -2.08. The molecule has 0 saturated carbocycles. The van der Waals surface area contributed by atoms with Crippen molar-refractivity contribution < 1.29 is 33.7 Å². The van der Waals surface area contributed by atoms with Crippen LogP contribution < -0.4 is 5.11 Å². The van der Waals surface area contributed by atoms with Crippen LogP contribution in [0.2, 0.25) is 0 Å². The van der Waals surface area contributed by atoms with E-state index in [0.717, 1.165) is 30.8 Å². The Hall–Kier alpha value is -0.890. The van der Waals surface area contributed by atoms with Crippen LogP contribution >= 0.6 is 0 Å². The first-order valence-electron chi connectivity index (χ1n) is 5.63. The number of quaternary nitrogens is 1. The monoisotopic (exact) mass is 267 g/mol. The molecule has 0 saturated heterocycles. The Kier molecular flexibility index (Phi) is 13.6. The minimum atomic E-state index is -2.08. The predicted molar refractivity (Wildman–Crippen MR) is 64.4 cm³/mol. The second-order valence-corrected chi connectivity index (χ2v) is 4.25. The molecule has 0 aromatic heterocycles. The first-order chi connectivity index (χ1) is 8.35. The summed E-state index contributed by atoms with van der Waals surface area (Å²) < 4.78 is 16.3. The number of nitrogens with zero attached hydrogens (tertiary/aromatic N) is 1. The highest BCUT2D eigenvalue weighted by atomic mass is 16.6. The molecule has 18 heavy (non-hydrogen) atoms. The average molecular weight is 267 g/mol. The smallest absolute Gasteiger partial charge is 0.249 e. The molecule has 0 rings (SSSR count). The van der Waals surface area contributed by atoms with Crippen LogP contribution in [0.4, 0.5) is 4.79 Å². The van der Waals surface area contributed by atoms with Crippen molar-refractivity contribution in [1.29, 1.82) is 0 Å². The zero-order valence-electron chi connectivity index (χ0n) is 11.7. The molecule has 0 aliphatic carbocycles. The van der Waals surface area contributed by atoms with Crippen LogP contribution in [0.5, 0.6) is 0 Å². The normalized spacial score (nSPS) is 10.7. The van der Waals surface area contributed by atoms with Gasteiger partial charge in [-0.2, -0.15) is 0 Å². The number of ether oxygens (including phenoxy) is 3. The zero-order chi connectivity index (χ0) is 14.4. The van der Waals surface area contributed by atoms with Crippen molar-refractivity contribution in [2.75, 3.05) is 67.8 Å². The fourth-order valence-corrected chi connectivity index (χ4v) is 1.01. The lowest BCUT2D eigenvalue weighted by atomic mass is 10.4. The average Bonchev–Trinajstić information content (AvgIpc) is 2.25.